The van der Waals surface area contributed by atoms with Gasteiger partial charge >= 0.3 is 0 Å². The van der Waals surface area contributed by atoms with Gasteiger partial charge in [0.1, 0.15) is 5.82 Å². The fourth-order valence-electron chi connectivity index (χ4n) is 1.36. The molecule has 0 aromatic carbocycles. The lowest BCUT2D eigenvalue weighted by atomic mass is 10.2. The standard InChI is InChI=1S/C11H18BrN3O/c1-3-4-8(16)5-14-11-10(12)7(2)9(13)6-15-11/h6,8,16H,3-5,13H2,1-2H3,(H,14,15). The van der Waals surface area contributed by atoms with Crippen LogP contribution in [0.1, 0.15) is 25.3 Å². The summed E-state index contributed by atoms with van der Waals surface area (Å²) in [6, 6.07) is 0. The smallest absolute Gasteiger partial charge is 0.140 e. The van der Waals surface area contributed by atoms with E-state index >= 15 is 0 Å². The molecule has 90 valence electrons. The summed E-state index contributed by atoms with van der Waals surface area (Å²) in [5, 5.41) is 12.7. The summed E-state index contributed by atoms with van der Waals surface area (Å²) in [6.45, 7) is 4.47. The van der Waals surface area contributed by atoms with Gasteiger partial charge in [-0.3, -0.25) is 0 Å². The summed E-state index contributed by atoms with van der Waals surface area (Å²) in [7, 11) is 0. The third kappa shape index (κ3) is 3.35. The van der Waals surface area contributed by atoms with Gasteiger partial charge in [-0.05, 0) is 34.8 Å². The number of anilines is 2. The van der Waals surface area contributed by atoms with Crippen molar-refractivity contribution in [3.8, 4) is 0 Å². The summed E-state index contributed by atoms with van der Waals surface area (Å²) in [5.41, 5.74) is 7.34. The van der Waals surface area contributed by atoms with Gasteiger partial charge in [0.25, 0.3) is 0 Å². The zero-order valence-corrected chi connectivity index (χ0v) is 11.2. The third-order valence-corrected chi connectivity index (χ3v) is 3.40. The molecule has 0 aliphatic carbocycles. The van der Waals surface area contributed by atoms with Crippen molar-refractivity contribution >= 4 is 27.4 Å². The first-order valence-electron chi connectivity index (χ1n) is 5.38. The molecule has 0 aliphatic rings. The number of aliphatic hydroxyl groups is 1. The average Bonchev–Trinajstić information content (AvgIpc) is 2.25. The number of hydrogen-bond donors (Lipinski definition) is 3. The molecule has 4 N–H and O–H groups in total. The molecular weight excluding hydrogens is 270 g/mol. The molecule has 1 aromatic rings. The van der Waals surface area contributed by atoms with Crippen LogP contribution in [0.15, 0.2) is 10.7 Å². The molecular formula is C11H18BrN3O. The Bertz CT molecular complexity index is 357. The van der Waals surface area contributed by atoms with E-state index in [4.69, 9.17) is 5.73 Å². The van der Waals surface area contributed by atoms with E-state index in [1.807, 2.05) is 13.8 Å². The van der Waals surface area contributed by atoms with E-state index in [1.54, 1.807) is 6.20 Å². The van der Waals surface area contributed by atoms with Crippen LogP contribution >= 0.6 is 15.9 Å². The second-order valence-corrected chi connectivity index (χ2v) is 4.62. The van der Waals surface area contributed by atoms with Crippen LogP contribution in [-0.2, 0) is 0 Å². The van der Waals surface area contributed by atoms with Crippen molar-refractivity contribution in [1.29, 1.82) is 0 Å². The first-order valence-corrected chi connectivity index (χ1v) is 6.18. The first kappa shape index (κ1) is 13.3. The molecule has 0 saturated heterocycles. The molecule has 0 saturated carbocycles. The molecule has 5 heteroatoms. The van der Waals surface area contributed by atoms with Crippen molar-refractivity contribution in [2.75, 3.05) is 17.6 Å². The molecule has 0 aliphatic heterocycles. The summed E-state index contributed by atoms with van der Waals surface area (Å²) >= 11 is 3.43. The van der Waals surface area contributed by atoms with Gasteiger partial charge in [0.2, 0.25) is 0 Å². The highest BCUT2D eigenvalue weighted by atomic mass is 79.9. The number of nitrogens with two attached hydrogens (primary N) is 1. The van der Waals surface area contributed by atoms with E-state index in [0.29, 0.717) is 12.2 Å². The van der Waals surface area contributed by atoms with Crippen LogP contribution in [0, 0.1) is 6.92 Å². The molecule has 0 spiro atoms. The quantitative estimate of drug-likeness (QED) is 0.777. The number of nitrogens with one attached hydrogen (secondary N) is 1. The maximum Gasteiger partial charge on any atom is 0.140 e. The van der Waals surface area contributed by atoms with Gasteiger partial charge in [-0.15, -0.1) is 0 Å². The van der Waals surface area contributed by atoms with Crippen molar-refractivity contribution < 1.29 is 5.11 Å². The molecule has 4 nitrogen and oxygen atoms in total. The van der Waals surface area contributed by atoms with E-state index in [-0.39, 0.29) is 6.10 Å². The van der Waals surface area contributed by atoms with E-state index in [2.05, 4.69) is 26.2 Å². The van der Waals surface area contributed by atoms with Crippen LogP contribution in [0.2, 0.25) is 0 Å². The Balaban J connectivity index is 2.64. The number of nitrogens with zero attached hydrogens (tertiary/aromatic N) is 1. The lowest BCUT2D eigenvalue weighted by Gasteiger charge is -2.13. The van der Waals surface area contributed by atoms with Crippen molar-refractivity contribution in [1.82, 2.24) is 4.98 Å². The van der Waals surface area contributed by atoms with Crippen LogP contribution in [0.25, 0.3) is 0 Å². The number of rotatable bonds is 5. The van der Waals surface area contributed by atoms with Crippen molar-refractivity contribution in [2.45, 2.75) is 32.8 Å². The van der Waals surface area contributed by atoms with Gasteiger partial charge in [-0.1, -0.05) is 13.3 Å². The number of aromatic nitrogens is 1. The normalized spacial score (nSPS) is 12.5. The monoisotopic (exact) mass is 287 g/mol. The number of pyridine rings is 1. The second kappa shape index (κ2) is 6.06. The predicted molar refractivity (Wildman–Crippen MR) is 70.5 cm³/mol. The minimum atomic E-state index is -0.337. The molecule has 16 heavy (non-hydrogen) atoms. The Morgan fingerprint density at radius 1 is 1.62 bits per heavy atom. The lowest BCUT2D eigenvalue weighted by molar-refractivity contribution is 0.176. The minimum absolute atomic E-state index is 0.337. The average molecular weight is 288 g/mol. The lowest BCUT2D eigenvalue weighted by Crippen LogP contribution is -2.20. The molecule has 0 bridgehead atoms. The number of hydrogen-bond acceptors (Lipinski definition) is 4. The van der Waals surface area contributed by atoms with Gasteiger partial charge < -0.3 is 16.2 Å². The maximum atomic E-state index is 9.59. The highest BCUT2D eigenvalue weighted by Gasteiger charge is 2.08. The van der Waals surface area contributed by atoms with Crippen molar-refractivity contribution in [3.05, 3.63) is 16.2 Å². The fourth-order valence-corrected chi connectivity index (χ4v) is 1.84. The third-order valence-electron chi connectivity index (χ3n) is 2.43. The minimum Gasteiger partial charge on any atom is -0.397 e. The zero-order valence-electron chi connectivity index (χ0n) is 9.63. The largest absolute Gasteiger partial charge is 0.397 e. The summed E-state index contributed by atoms with van der Waals surface area (Å²) in [5.74, 6) is 0.724. The fraction of sp³-hybridized carbons (Fsp3) is 0.545. The molecule has 1 atom stereocenters. The van der Waals surface area contributed by atoms with Gasteiger partial charge in [-0.25, -0.2) is 4.98 Å². The molecule has 0 amide bonds. The Hall–Kier alpha value is -0.810. The molecule has 0 fully saturated rings. The predicted octanol–water partition coefficient (Wildman–Crippen LogP) is 2.31. The SMILES string of the molecule is CCCC(O)CNc1ncc(N)c(C)c1Br. The van der Waals surface area contributed by atoms with Crippen LogP contribution in [0.4, 0.5) is 11.5 Å². The Labute approximate surface area is 104 Å². The van der Waals surface area contributed by atoms with E-state index in [9.17, 15) is 5.11 Å². The molecule has 0 radical (unpaired) electrons. The maximum absolute atomic E-state index is 9.59. The molecule has 1 rings (SSSR count). The van der Waals surface area contributed by atoms with E-state index in [0.717, 1.165) is 28.7 Å². The van der Waals surface area contributed by atoms with Crippen molar-refractivity contribution in [2.24, 2.45) is 0 Å². The van der Waals surface area contributed by atoms with E-state index in [1.165, 1.54) is 0 Å². The molecule has 1 unspecified atom stereocenters. The second-order valence-electron chi connectivity index (χ2n) is 3.82. The van der Waals surface area contributed by atoms with Crippen LogP contribution in [-0.4, -0.2) is 22.7 Å². The van der Waals surface area contributed by atoms with Crippen LogP contribution in [0.5, 0.6) is 0 Å². The molecule has 1 heterocycles. The van der Waals surface area contributed by atoms with Crippen molar-refractivity contribution in [3.63, 3.8) is 0 Å². The topological polar surface area (TPSA) is 71.2 Å². The Morgan fingerprint density at radius 2 is 2.31 bits per heavy atom. The molecule has 1 aromatic heterocycles. The zero-order chi connectivity index (χ0) is 12.1. The summed E-state index contributed by atoms with van der Waals surface area (Å²) in [4.78, 5) is 4.18. The Kier molecular flexibility index (Phi) is 5.02. The van der Waals surface area contributed by atoms with Gasteiger partial charge in [0.05, 0.1) is 22.5 Å². The number of nitrogen functional groups attached to an aromatic ring is 1. The number of halogens is 1. The summed E-state index contributed by atoms with van der Waals surface area (Å²) in [6.07, 6.45) is 3.04. The summed E-state index contributed by atoms with van der Waals surface area (Å²) < 4.78 is 0.858. The van der Waals surface area contributed by atoms with E-state index < -0.39 is 0 Å². The van der Waals surface area contributed by atoms with Crippen LogP contribution in [0.3, 0.4) is 0 Å². The van der Waals surface area contributed by atoms with Crippen LogP contribution < -0.4 is 11.1 Å². The van der Waals surface area contributed by atoms with Gasteiger partial charge in [0, 0.05) is 6.54 Å². The van der Waals surface area contributed by atoms with Gasteiger partial charge in [-0.2, -0.15) is 0 Å². The Morgan fingerprint density at radius 3 is 2.94 bits per heavy atom. The number of aliphatic hydroxyl groups excluding tert-OH is 1. The highest BCUT2D eigenvalue weighted by Crippen LogP contribution is 2.27. The first-order chi connectivity index (χ1) is 7.56. The highest BCUT2D eigenvalue weighted by molar-refractivity contribution is 9.10. The van der Waals surface area contributed by atoms with Gasteiger partial charge in [0.15, 0.2) is 0 Å².